The Kier molecular flexibility index (Phi) is 5.23. The van der Waals surface area contributed by atoms with E-state index in [2.05, 4.69) is 5.32 Å². The van der Waals surface area contributed by atoms with Crippen LogP contribution < -0.4 is 5.32 Å². The van der Waals surface area contributed by atoms with E-state index in [9.17, 15) is 9.59 Å². The number of methoxy groups -OCH3 is 1. The molecule has 1 heterocycles. The van der Waals surface area contributed by atoms with Crippen LogP contribution in [0.15, 0.2) is 24.3 Å². The molecule has 2 amide bonds. The Hall–Kier alpha value is -1.76. The summed E-state index contributed by atoms with van der Waals surface area (Å²) in [6.45, 7) is 2.47. The number of nitrogens with one attached hydrogen (secondary N) is 1. The molecular formula is C14H18N2O4. The molecule has 1 aliphatic rings. The summed E-state index contributed by atoms with van der Waals surface area (Å²) in [5, 5.41) is 4.00. The molecule has 0 spiro atoms. The lowest BCUT2D eigenvalue weighted by molar-refractivity contribution is -0.0917. The van der Waals surface area contributed by atoms with Gasteiger partial charge in [-0.05, 0) is 25.1 Å². The Labute approximate surface area is 117 Å². The maximum absolute atomic E-state index is 12.0. The molecule has 0 aliphatic carbocycles. The first-order valence-electron chi connectivity index (χ1n) is 6.56. The van der Waals surface area contributed by atoms with Crippen molar-refractivity contribution < 1.29 is 19.2 Å². The van der Waals surface area contributed by atoms with E-state index in [1.165, 1.54) is 0 Å². The summed E-state index contributed by atoms with van der Waals surface area (Å²) in [4.78, 5) is 29.2. The number of amides is 2. The van der Waals surface area contributed by atoms with Crippen LogP contribution in [-0.4, -0.2) is 50.3 Å². The van der Waals surface area contributed by atoms with Crippen molar-refractivity contribution in [3.63, 3.8) is 0 Å². The number of hydrogen-bond donors (Lipinski definition) is 1. The van der Waals surface area contributed by atoms with Crippen LogP contribution >= 0.6 is 0 Å². The van der Waals surface area contributed by atoms with Gasteiger partial charge in [0.1, 0.15) is 0 Å². The van der Waals surface area contributed by atoms with Gasteiger partial charge in [-0.2, -0.15) is 0 Å². The van der Waals surface area contributed by atoms with E-state index in [-0.39, 0.29) is 0 Å². The predicted octanol–water partition coefficient (Wildman–Crippen LogP) is 0.840. The Morgan fingerprint density at radius 2 is 1.70 bits per heavy atom. The Morgan fingerprint density at radius 3 is 2.30 bits per heavy atom. The molecule has 0 radical (unpaired) electrons. The summed E-state index contributed by atoms with van der Waals surface area (Å²) < 4.78 is 4.90. The monoisotopic (exact) mass is 278 g/mol. The minimum atomic E-state index is -0.391. The molecule has 2 rings (SSSR count). The van der Waals surface area contributed by atoms with Gasteiger partial charge in [-0.3, -0.25) is 14.4 Å². The van der Waals surface area contributed by atoms with Crippen molar-refractivity contribution in [2.75, 3.05) is 33.4 Å². The van der Waals surface area contributed by atoms with E-state index >= 15 is 0 Å². The van der Waals surface area contributed by atoms with Gasteiger partial charge < -0.3 is 10.1 Å². The molecular weight excluding hydrogens is 260 g/mol. The van der Waals surface area contributed by atoms with Crippen molar-refractivity contribution in [1.29, 1.82) is 0 Å². The molecule has 6 nitrogen and oxygen atoms in total. The number of benzene rings is 1. The number of imide groups is 1. The molecule has 0 aromatic heterocycles. The fourth-order valence-corrected chi connectivity index (χ4v) is 1.94. The first-order valence-corrected chi connectivity index (χ1v) is 6.56. The second-order valence-electron chi connectivity index (χ2n) is 4.38. The van der Waals surface area contributed by atoms with Gasteiger partial charge in [-0.15, -0.1) is 5.06 Å². The highest BCUT2D eigenvalue weighted by atomic mass is 16.7. The number of fused-ring (bicyclic) bond motifs is 1. The van der Waals surface area contributed by atoms with Crippen LogP contribution in [0.4, 0.5) is 0 Å². The Morgan fingerprint density at radius 1 is 1.05 bits per heavy atom. The zero-order valence-corrected chi connectivity index (χ0v) is 11.4. The van der Waals surface area contributed by atoms with Gasteiger partial charge in [0.05, 0.1) is 24.3 Å². The van der Waals surface area contributed by atoms with Crippen LogP contribution in [-0.2, 0) is 9.57 Å². The van der Waals surface area contributed by atoms with E-state index in [0.717, 1.165) is 18.2 Å². The van der Waals surface area contributed by atoms with Crippen LogP contribution in [0.2, 0.25) is 0 Å². The highest BCUT2D eigenvalue weighted by Crippen LogP contribution is 2.22. The summed E-state index contributed by atoms with van der Waals surface area (Å²) in [6.07, 6.45) is 0.705. The van der Waals surface area contributed by atoms with E-state index in [1.54, 1.807) is 31.4 Å². The molecule has 0 saturated heterocycles. The molecule has 0 bridgehead atoms. The number of carbonyl (C=O) groups excluding carboxylic acids is 2. The number of hydroxylamine groups is 2. The third kappa shape index (κ3) is 3.22. The zero-order valence-electron chi connectivity index (χ0n) is 11.4. The molecule has 20 heavy (non-hydrogen) atoms. The van der Waals surface area contributed by atoms with Crippen molar-refractivity contribution >= 4 is 11.8 Å². The van der Waals surface area contributed by atoms with Gasteiger partial charge in [-0.1, -0.05) is 12.1 Å². The summed E-state index contributed by atoms with van der Waals surface area (Å²) in [6, 6.07) is 6.72. The molecule has 1 aliphatic heterocycles. The summed E-state index contributed by atoms with van der Waals surface area (Å²) in [7, 11) is 1.65. The minimum Gasteiger partial charge on any atom is -0.383 e. The Balaban J connectivity index is 1.75. The Bertz CT molecular complexity index is 455. The second kappa shape index (κ2) is 7.14. The van der Waals surface area contributed by atoms with Crippen molar-refractivity contribution in [3.8, 4) is 0 Å². The molecule has 0 saturated carbocycles. The van der Waals surface area contributed by atoms with Gasteiger partial charge >= 0.3 is 0 Å². The van der Waals surface area contributed by atoms with Gasteiger partial charge in [0.2, 0.25) is 0 Å². The SMILES string of the molecule is COCCNCCCON1C(=O)c2ccccc2C1=O. The van der Waals surface area contributed by atoms with Crippen molar-refractivity contribution in [2.24, 2.45) is 0 Å². The molecule has 1 aromatic carbocycles. The van der Waals surface area contributed by atoms with Gasteiger partial charge in [0.15, 0.2) is 0 Å². The lowest BCUT2D eigenvalue weighted by Gasteiger charge is -2.13. The number of ether oxygens (including phenoxy) is 1. The average Bonchev–Trinajstić information content (AvgIpc) is 2.71. The summed E-state index contributed by atoms with van der Waals surface area (Å²) >= 11 is 0. The molecule has 0 atom stereocenters. The first-order chi connectivity index (χ1) is 9.75. The van der Waals surface area contributed by atoms with E-state index in [4.69, 9.17) is 9.57 Å². The number of rotatable bonds is 8. The molecule has 6 heteroatoms. The predicted molar refractivity (Wildman–Crippen MR) is 72.3 cm³/mol. The van der Waals surface area contributed by atoms with Gasteiger partial charge in [0, 0.05) is 13.7 Å². The fourth-order valence-electron chi connectivity index (χ4n) is 1.94. The van der Waals surface area contributed by atoms with Crippen LogP contribution in [0.1, 0.15) is 27.1 Å². The smallest absolute Gasteiger partial charge is 0.285 e. The second-order valence-corrected chi connectivity index (χ2v) is 4.38. The third-order valence-electron chi connectivity index (χ3n) is 2.96. The van der Waals surface area contributed by atoms with Crippen LogP contribution in [0, 0.1) is 0 Å². The van der Waals surface area contributed by atoms with Gasteiger partial charge in [-0.25, -0.2) is 0 Å². The fraction of sp³-hybridized carbons (Fsp3) is 0.429. The minimum absolute atomic E-state index is 0.311. The highest BCUT2D eigenvalue weighted by molar-refractivity contribution is 6.20. The van der Waals surface area contributed by atoms with Crippen molar-refractivity contribution in [2.45, 2.75) is 6.42 Å². The maximum Gasteiger partial charge on any atom is 0.285 e. The number of nitrogens with zero attached hydrogens (tertiary/aromatic N) is 1. The standard InChI is InChI=1S/C14H18N2O4/c1-19-10-8-15-7-4-9-20-16-13(17)11-5-2-3-6-12(11)14(16)18/h2-3,5-6,15H,4,7-10H2,1H3. The quantitative estimate of drug-likeness (QED) is 0.564. The lowest BCUT2D eigenvalue weighted by atomic mass is 10.1. The van der Waals surface area contributed by atoms with Crippen LogP contribution in [0.3, 0.4) is 0 Å². The average molecular weight is 278 g/mol. The van der Waals surface area contributed by atoms with Gasteiger partial charge in [0.25, 0.3) is 11.8 Å². The number of hydrogen-bond acceptors (Lipinski definition) is 5. The van der Waals surface area contributed by atoms with E-state index in [1.807, 2.05) is 0 Å². The largest absolute Gasteiger partial charge is 0.383 e. The van der Waals surface area contributed by atoms with Crippen molar-refractivity contribution in [3.05, 3.63) is 35.4 Å². The highest BCUT2D eigenvalue weighted by Gasteiger charge is 2.36. The zero-order chi connectivity index (χ0) is 14.4. The molecule has 0 fully saturated rings. The molecule has 1 N–H and O–H groups in total. The third-order valence-corrected chi connectivity index (χ3v) is 2.96. The lowest BCUT2D eigenvalue weighted by Crippen LogP contribution is -2.31. The van der Waals surface area contributed by atoms with E-state index in [0.29, 0.717) is 30.8 Å². The maximum atomic E-state index is 12.0. The normalized spacial score (nSPS) is 13.9. The number of carbonyl (C=O) groups is 2. The summed E-state index contributed by atoms with van der Waals surface area (Å²) in [5.41, 5.74) is 0.798. The van der Waals surface area contributed by atoms with Crippen LogP contribution in [0.25, 0.3) is 0 Å². The first kappa shape index (κ1) is 14.6. The van der Waals surface area contributed by atoms with E-state index < -0.39 is 11.8 Å². The summed E-state index contributed by atoms with van der Waals surface area (Å²) in [5.74, 6) is -0.782. The van der Waals surface area contributed by atoms with Crippen molar-refractivity contribution in [1.82, 2.24) is 10.4 Å². The van der Waals surface area contributed by atoms with Crippen LogP contribution in [0.5, 0.6) is 0 Å². The molecule has 108 valence electrons. The molecule has 0 unspecified atom stereocenters. The molecule has 1 aromatic rings. The topological polar surface area (TPSA) is 67.9 Å².